The Hall–Kier alpha value is -1.78. The number of aromatic nitrogens is 3. The summed E-state index contributed by atoms with van der Waals surface area (Å²) in [5.74, 6) is 0.225. The highest BCUT2D eigenvalue weighted by Crippen LogP contribution is 2.29. The molecule has 0 aliphatic carbocycles. The van der Waals surface area contributed by atoms with Gasteiger partial charge in [-0.3, -0.25) is 4.90 Å². The van der Waals surface area contributed by atoms with Crippen LogP contribution in [0.2, 0.25) is 0 Å². The van der Waals surface area contributed by atoms with Crippen molar-refractivity contribution in [2.75, 3.05) is 25.0 Å². The normalized spacial score (nSPS) is 19.1. The number of hydrogen-bond donors (Lipinski definition) is 1. The number of thiazole rings is 1. The Balaban J connectivity index is 1.30. The van der Waals surface area contributed by atoms with Crippen LogP contribution in [0, 0.1) is 0 Å². The molecule has 6 nitrogen and oxygen atoms in total. The average molecular weight is 399 g/mol. The molecule has 4 rings (SSSR count). The summed E-state index contributed by atoms with van der Waals surface area (Å²) in [6.07, 6.45) is -0.926. The first-order valence-corrected chi connectivity index (χ1v) is 9.72. The van der Waals surface area contributed by atoms with E-state index in [1.807, 2.05) is 0 Å². The molecule has 1 fully saturated rings. The molecule has 0 saturated carbocycles. The van der Waals surface area contributed by atoms with Crippen LogP contribution in [0.4, 0.5) is 19.0 Å². The largest absolute Gasteiger partial charge is 0.433 e. The van der Waals surface area contributed by atoms with Gasteiger partial charge in [0.15, 0.2) is 0 Å². The second kappa shape index (κ2) is 7.69. The maximum absolute atomic E-state index is 12.8. The predicted octanol–water partition coefficient (Wildman–Crippen LogP) is 3.10. The minimum absolute atomic E-state index is 0.107. The van der Waals surface area contributed by atoms with E-state index in [4.69, 9.17) is 9.72 Å². The minimum Gasteiger partial charge on any atom is -0.375 e. The van der Waals surface area contributed by atoms with Gasteiger partial charge in [0.05, 0.1) is 30.3 Å². The first-order valence-electron chi connectivity index (χ1n) is 8.91. The number of anilines is 1. The van der Waals surface area contributed by atoms with Gasteiger partial charge in [0, 0.05) is 31.6 Å². The van der Waals surface area contributed by atoms with Crippen molar-refractivity contribution < 1.29 is 17.9 Å². The molecule has 0 amide bonds. The van der Waals surface area contributed by atoms with Gasteiger partial charge in [0.25, 0.3) is 0 Å². The molecule has 2 aromatic rings. The van der Waals surface area contributed by atoms with E-state index >= 15 is 0 Å². The highest BCUT2D eigenvalue weighted by Gasteiger charge is 2.33. The number of rotatable bonds is 4. The Morgan fingerprint density at radius 1 is 1.26 bits per heavy atom. The Bertz CT molecular complexity index is 766. The van der Waals surface area contributed by atoms with Crippen LogP contribution in [-0.4, -0.2) is 45.6 Å². The smallest absolute Gasteiger partial charge is 0.375 e. The molecule has 2 aliphatic heterocycles. The van der Waals surface area contributed by atoms with E-state index in [0.717, 1.165) is 62.9 Å². The average Bonchev–Trinajstić information content (AvgIpc) is 3.05. The van der Waals surface area contributed by atoms with Crippen LogP contribution in [0.25, 0.3) is 0 Å². The lowest BCUT2D eigenvalue weighted by Gasteiger charge is -2.32. The van der Waals surface area contributed by atoms with Gasteiger partial charge in [-0.05, 0) is 12.8 Å². The number of halogens is 3. The summed E-state index contributed by atoms with van der Waals surface area (Å²) < 4.78 is 43.7. The van der Waals surface area contributed by atoms with Gasteiger partial charge in [-0.25, -0.2) is 15.0 Å². The lowest BCUT2D eigenvalue weighted by Crippen LogP contribution is -2.38. The highest BCUT2D eigenvalue weighted by atomic mass is 32.1. The van der Waals surface area contributed by atoms with Crippen molar-refractivity contribution in [3.8, 4) is 0 Å². The van der Waals surface area contributed by atoms with Crippen LogP contribution in [0.3, 0.4) is 0 Å². The van der Waals surface area contributed by atoms with Crippen LogP contribution in [0.5, 0.6) is 0 Å². The molecule has 0 aromatic carbocycles. The standard InChI is InChI=1S/C17H20F3N5OS/c18-17(19,20)14-7-15(22-10-21-14)23-11-1-4-25(5-2-11)8-16-24-12-3-6-26-9-13(12)27-16/h7,10-11H,1-6,8-9H2,(H,21,22,23). The third-order valence-electron chi connectivity index (χ3n) is 4.79. The topological polar surface area (TPSA) is 63.2 Å². The number of piperidine rings is 1. The van der Waals surface area contributed by atoms with Crippen LogP contribution in [0.1, 0.15) is 34.1 Å². The lowest BCUT2D eigenvalue weighted by molar-refractivity contribution is -0.141. The van der Waals surface area contributed by atoms with E-state index < -0.39 is 11.9 Å². The van der Waals surface area contributed by atoms with E-state index in [0.29, 0.717) is 6.61 Å². The van der Waals surface area contributed by atoms with Gasteiger partial charge in [0.2, 0.25) is 0 Å². The number of ether oxygens (including phenoxy) is 1. The fourth-order valence-electron chi connectivity index (χ4n) is 3.37. The molecule has 1 N–H and O–H groups in total. The van der Waals surface area contributed by atoms with Crippen molar-refractivity contribution in [3.63, 3.8) is 0 Å². The van der Waals surface area contributed by atoms with Crippen molar-refractivity contribution in [3.05, 3.63) is 33.7 Å². The maximum Gasteiger partial charge on any atom is 0.433 e. The summed E-state index contributed by atoms with van der Waals surface area (Å²) in [5, 5.41) is 4.22. The van der Waals surface area contributed by atoms with Crippen LogP contribution in [-0.2, 0) is 30.5 Å². The number of nitrogens with zero attached hydrogens (tertiary/aromatic N) is 4. The third-order valence-corrected chi connectivity index (χ3v) is 5.85. The molecule has 0 unspecified atom stereocenters. The third kappa shape index (κ3) is 4.56. The van der Waals surface area contributed by atoms with Crippen LogP contribution < -0.4 is 5.32 Å². The van der Waals surface area contributed by atoms with E-state index in [1.54, 1.807) is 11.3 Å². The van der Waals surface area contributed by atoms with E-state index in [-0.39, 0.29) is 11.9 Å². The monoisotopic (exact) mass is 399 g/mol. The Morgan fingerprint density at radius 3 is 2.81 bits per heavy atom. The summed E-state index contributed by atoms with van der Waals surface area (Å²) >= 11 is 1.72. The second-order valence-corrected chi connectivity index (χ2v) is 7.93. The van der Waals surface area contributed by atoms with Crippen LogP contribution in [0.15, 0.2) is 12.4 Å². The van der Waals surface area contributed by atoms with Crippen molar-refractivity contribution in [2.24, 2.45) is 0 Å². The van der Waals surface area contributed by atoms with Gasteiger partial charge in [0.1, 0.15) is 22.8 Å². The zero-order valence-electron chi connectivity index (χ0n) is 14.6. The molecule has 2 aromatic heterocycles. The SMILES string of the molecule is FC(F)(F)c1cc(NC2CCN(Cc3nc4c(s3)COCC4)CC2)ncn1. The molecule has 4 heterocycles. The fourth-order valence-corrected chi connectivity index (χ4v) is 4.47. The van der Waals surface area contributed by atoms with Crippen molar-refractivity contribution >= 4 is 17.2 Å². The molecule has 1 saturated heterocycles. The Labute approximate surface area is 158 Å². The second-order valence-electron chi connectivity index (χ2n) is 6.76. The Morgan fingerprint density at radius 2 is 2.07 bits per heavy atom. The van der Waals surface area contributed by atoms with Crippen molar-refractivity contribution in [2.45, 2.75) is 44.6 Å². The summed E-state index contributed by atoms with van der Waals surface area (Å²) in [6, 6.07) is 1.07. The molecular weight excluding hydrogens is 379 g/mol. The van der Waals surface area contributed by atoms with Gasteiger partial charge in [-0.2, -0.15) is 13.2 Å². The highest BCUT2D eigenvalue weighted by molar-refractivity contribution is 7.11. The number of likely N-dealkylation sites (tertiary alicyclic amines) is 1. The maximum atomic E-state index is 12.8. The Kier molecular flexibility index (Phi) is 5.29. The number of hydrogen-bond acceptors (Lipinski definition) is 7. The molecule has 0 atom stereocenters. The number of fused-ring (bicyclic) bond motifs is 1. The van der Waals surface area contributed by atoms with Gasteiger partial charge in [-0.15, -0.1) is 11.3 Å². The lowest BCUT2D eigenvalue weighted by atomic mass is 10.1. The van der Waals surface area contributed by atoms with Gasteiger partial charge >= 0.3 is 6.18 Å². The molecule has 27 heavy (non-hydrogen) atoms. The summed E-state index contributed by atoms with van der Waals surface area (Å²) in [7, 11) is 0. The van der Waals surface area contributed by atoms with E-state index in [9.17, 15) is 13.2 Å². The fraction of sp³-hybridized carbons (Fsp3) is 0.588. The minimum atomic E-state index is -4.46. The number of alkyl halides is 3. The summed E-state index contributed by atoms with van der Waals surface area (Å²) in [5.41, 5.74) is 0.246. The molecule has 146 valence electrons. The van der Waals surface area contributed by atoms with Gasteiger partial charge < -0.3 is 10.1 Å². The molecule has 0 radical (unpaired) electrons. The van der Waals surface area contributed by atoms with E-state index in [2.05, 4.69) is 20.2 Å². The van der Waals surface area contributed by atoms with Crippen molar-refractivity contribution in [1.29, 1.82) is 0 Å². The first kappa shape index (κ1) is 18.6. The molecule has 2 aliphatic rings. The molecule has 0 spiro atoms. The predicted molar refractivity (Wildman–Crippen MR) is 94.4 cm³/mol. The van der Waals surface area contributed by atoms with E-state index in [1.165, 1.54) is 10.6 Å². The summed E-state index contributed by atoms with van der Waals surface area (Å²) in [4.78, 5) is 15.5. The van der Waals surface area contributed by atoms with Crippen LogP contribution >= 0.6 is 11.3 Å². The first-order chi connectivity index (χ1) is 13.0. The molecule has 10 heteroatoms. The van der Waals surface area contributed by atoms with Gasteiger partial charge in [-0.1, -0.05) is 0 Å². The van der Waals surface area contributed by atoms with Crippen molar-refractivity contribution in [1.82, 2.24) is 19.9 Å². The molecular formula is C17H20F3N5OS. The summed E-state index contributed by atoms with van der Waals surface area (Å²) in [6.45, 7) is 3.96. The zero-order valence-corrected chi connectivity index (χ0v) is 15.4. The zero-order chi connectivity index (χ0) is 18.9. The quantitative estimate of drug-likeness (QED) is 0.853. The number of nitrogens with one attached hydrogen (secondary N) is 1. The molecule has 0 bridgehead atoms.